The number of rotatable bonds is 6. The lowest BCUT2D eigenvalue weighted by Crippen LogP contribution is -2.19. The molecule has 0 aliphatic rings. The number of hydrogen-bond donors (Lipinski definition) is 3. The third kappa shape index (κ3) is 3.94. The molecule has 1 atom stereocenters. The summed E-state index contributed by atoms with van der Waals surface area (Å²) in [7, 11) is 0. The van der Waals surface area contributed by atoms with Crippen LogP contribution in [0.25, 0.3) is 0 Å². The van der Waals surface area contributed by atoms with Crippen molar-refractivity contribution in [3.63, 3.8) is 0 Å². The lowest BCUT2D eigenvalue weighted by atomic mass is 10.1. The van der Waals surface area contributed by atoms with Crippen LogP contribution in [0.1, 0.15) is 35.1 Å². The summed E-state index contributed by atoms with van der Waals surface area (Å²) in [6.07, 6.45) is 0.466. The first-order valence-electron chi connectivity index (χ1n) is 6.07. The van der Waals surface area contributed by atoms with Crippen molar-refractivity contribution >= 4 is 17.6 Å². The van der Waals surface area contributed by atoms with E-state index >= 15 is 0 Å². The number of pyridine rings is 1. The average molecular weight is 265 g/mol. The van der Waals surface area contributed by atoms with Gasteiger partial charge in [-0.1, -0.05) is 6.92 Å². The molecule has 0 saturated heterocycles. The summed E-state index contributed by atoms with van der Waals surface area (Å²) in [5, 5.41) is 11.9. The maximum atomic E-state index is 11.4. The van der Waals surface area contributed by atoms with Crippen LogP contribution in [0.2, 0.25) is 0 Å². The van der Waals surface area contributed by atoms with Gasteiger partial charge in [0.1, 0.15) is 0 Å². The van der Waals surface area contributed by atoms with Crippen LogP contribution < -0.4 is 11.1 Å². The predicted molar refractivity (Wildman–Crippen MR) is 72.1 cm³/mol. The molecule has 0 spiro atoms. The van der Waals surface area contributed by atoms with Crippen molar-refractivity contribution in [1.29, 1.82) is 0 Å². The van der Waals surface area contributed by atoms with Crippen molar-refractivity contribution in [2.75, 3.05) is 11.9 Å². The first kappa shape index (κ1) is 14.9. The molecule has 6 nitrogen and oxygen atoms in total. The van der Waals surface area contributed by atoms with E-state index in [-0.39, 0.29) is 0 Å². The fourth-order valence-corrected chi connectivity index (χ4v) is 1.83. The van der Waals surface area contributed by atoms with Crippen LogP contribution in [0.3, 0.4) is 0 Å². The van der Waals surface area contributed by atoms with Crippen molar-refractivity contribution in [1.82, 2.24) is 4.98 Å². The second-order valence-electron chi connectivity index (χ2n) is 4.59. The Morgan fingerprint density at radius 1 is 1.47 bits per heavy atom. The summed E-state index contributed by atoms with van der Waals surface area (Å²) >= 11 is 0. The Kier molecular flexibility index (Phi) is 4.86. The zero-order valence-electron chi connectivity index (χ0n) is 11.4. The van der Waals surface area contributed by atoms with Gasteiger partial charge in [-0.25, -0.2) is 0 Å². The van der Waals surface area contributed by atoms with Gasteiger partial charge in [0, 0.05) is 12.2 Å². The van der Waals surface area contributed by atoms with E-state index in [0.29, 0.717) is 29.9 Å². The molecule has 6 heteroatoms. The van der Waals surface area contributed by atoms with E-state index in [0.717, 1.165) is 5.69 Å². The third-order valence-electron chi connectivity index (χ3n) is 2.89. The van der Waals surface area contributed by atoms with Gasteiger partial charge in [-0.3, -0.25) is 14.6 Å². The Bertz CT molecular complexity index is 500. The van der Waals surface area contributed by atoms with Crippen molar-refractivity contribution in [2.45, 2.75) is 27.2 Å². The van der Waals surface area contributed by atoms with Crippen molar-refractivity contribution in [2.24, 2.45) is 11.7 Å². The van der Waals surface area contributed by atoms with Crippen LogP contribution in [0.15, 0.2) is 6.07 Å². The van der Waals surface area contributed by atoms with E-state index in [1.54, 1.807) is 19.9 Å². The number of carboxylic acid groups (broad SMARTS) is 1. The Labute approximate surface area is 112 Å². The van der Waals surface area contributed by atoms with Gasteiger partial charge in [-0.15, -0.1) is 0 Å². The molecule has 0 aliphatic carbocycles. The van der Waals surface area contributed by atoms with Gasteiger partial charge in [0.15, 0.2) is 0 Å². The van der Waals surface area contributed by atoms with E-state index in [1.807, 2.05) is 6.92 Å². The standard InChI is InChI=1S/C13H19N3O3/c1-7(13(18)19)4-5-15-10-6-8(2)16-9(3)11(10)12(14)17/h6-7H,4-5H2,1-3H3,(H2,14,17)(H,15,16)(H,18,19). The number of aliphatic carboxylic acids is 1. The molecule has 0 aliphatic heterocycles. The van der Waals surface area contributed by atoms with Crippen molar-refractivity contribution in [3.8, 4) is 0 Å². The van der Waals surface area contributed by atoms with Gasteiger partial charge >= 0.3 is 5.97 Å². The number of carbonyl (C=O) groups is 2. The SMILES string of the molecule is Cc1cc(NCCC(C)C(=O)O)c(C(N)=O)c(C)n1. The van der Waals surface area contributed by atoms with Gasteiger partial charge < -0.3 is 16.2 Å². The number of hydrogen-bond acceptors (Lipinski definition) is 4. The summed E-state index contributed by atoms with van der Waals surface area (Å²) in [6.45, 7) is 5.64. The summed E-state index contributed by atoms with van der Waals surface area (Å²) < 4.78 is 0. The van der Waals surface area contributed by atoms with Crippen LogP contribution in [0, 0.1) is 19.8 Å². The smallest absolute Gasteiger partial charge is 0.306 e. The van der Waals surface area contributed by atoms with Gasteiger partial charge in [-0.2, -0.15) is 0 Å². The maximum absolute atomic E-state index is 11.4. The molecule has 1 rings (SSSR count). The molecule has 104 valence electrons. The molecule has 1 unspecified atom stereocenters. The van der Waals surface area contributed by atoms with E-state index < -0.39 is 17.8 Å². The minimum Gasteiger partial charge on any atom is -0.481 e. The normalized spacial score (nSPS) is 11.9. The minimum absolute atomic E-state index is 0.355. The maximum Gasteiger partial charge on any atom is 0.306 e. The summed E-state index contributed by atoms with van der Waals surface area (Å²) in [5.74, 6) is -1.81. The van der Waals surface area contributed by atoms with E-state index in [9.17, 15) is 9.59 Å². The van der Waals surface area contributed by atoms with Crippen molar-refractivity contribution < 1.29 is 14.7 Å². The zero-order valence-corrected chi connectivity index (χ0v) is 11.4. The summed E-state index contributed by atoms with van der Waals surface area (Å²) in [5.41, 5.74) is 7.64. The number of nitrogens with two attached hydrogens (primary N) is 1. The number of primary amides is 1. The molecule has 0 aromatic carbocycles. The Balaban J connectivity index is 2.83. The number of anilines is 1. The van der Waals surface area contributed by atoms with E-state index in [4.69, 9.17) is 10.8 Å². The highest BCUT2D eigenvalue weighted by Gasteiger charge is 2.15. The Hall–Kier alpha value is -2.11. The van der Waals surface area contributed by atoms with Crippen LogP contribution in [0.5, 0.6) is 0 Å². The molecule has 4 N–H and O–H groups in total. The zero-order chi connectivity index (χ0) is 14.6. The van der Waals surface area contributed by atoms with Crippen LogP contribution in [0.4, 0.5) is 5.69 Å². The molecule has 1 heterocycles. The topological polar surface area (TPSA) is 105 Å². The fraction of sp³-hybridized carbons (Fsp3) is 0.462. The molecule has 0 fully saturated rings. The lowest BCUT2D eigenvalue weighted by molar-refractivity contribution is -0.141. The number of nitrogens with one attached hydrogen (secondary N) is 1. The van der Waals surface area contributed by atoms with E-state index in [1.165, 1.54) is 0 Å². The number of amides is 1. The predicted octanol–water partition coefficient (Wildman–Crippen LogP) is 1.32. The highest BCUT2D eigenvalue weighted by atomic mass is 16.4. The molecule has 0 radical (unpaired) electrons. The van der Waals surface area contributed by atoms with E-state index in [2.05, 4.69) is 10.3 Å². The first-order valence-corrected chi connectivity index (χ1v) is 6.07. The average Bonchev–Trinajstić information content (AvgIpc) is 2.26. The van der Waals surface area contributed by atoms with Gasteiger partial charge in [0.05, 0.1) is 22.9 Å². The van der Waals surface area contributed by atoms with Crippen molar-refractivity contribution in [3.05, 3.63) is 23.0 Å². The van der Waals surface area contributed by atoms with Gasteiger partial charge in [0.25, 0.3) is 5.91 Å². The molecule has 1 aromatic rings. The number of carbonyl (C=O) groups excluding carboxylic acids is 1. The summed E-state index contributed by atoms with van der Waals surface area (Å²) in [4.78, 5) is 26.3. The third-order valence-corrected chi connectivity index (χ3v) is 2.89. The number of nitrogens with zero attached hydrogens (tertiary/aromatic N) is 1. The van der Waals surface area contributed by atoms with Gasteiger partial charge in [0.2, 0.25) is 0 Å². The van der Waals surface area contributed by atoms with Crippen LogP contribution in [-0.2, 0) is 4.79 Å². The molecular weight excluding hydrogens is 246 g/mol. The largest absolute Gasteiger partial charge is 0.481 e. The van der Waals surface area contributed by atoms with Crippen LogP contribution >= 0.6 is 0 Å². The molecule has 0 saturated carbocycles. The first-order chi connectivity index (χ1) is 8.82. The molecule has 19 heavy (non-hydrogen) atoms. The fourth-order valence-electron chi connectivity index (χ4n) is 1.83. The Morgan fingerprint density at radius 3 is 2.63 bits per heavy atom. The summed E-state index contributed by atoms with van der Waals surface area (Å²) in [6, 6.07) is 1.73. The molecule has 0 bridgehead atoms. The number of carboxylic acids is 1. The molecule has 1 aromatic heterocycles. The quantitative estimate of drug-likeness (QED) is 0.719. The number of aryl methyl sites for hydroxylation is 2. The minimum atomic E-state index is -0.834. The van der Waals surface area contributed by atoms with Crippen LogP contribution in [-0.4, -0.2) is 28.5 Å². The molecule has 1 amide bonds. The highest BCUT2D eigenvalue weighted by Crippen LogP contribution is 2.19. The lowest BCUT2D eigenvalue weighted by Gasteiger charge is -2.14. The monoisotopic (exact) mass is 265 g/mol. The van der Waals surface area contributed by atoms with Gasteiger partial charge in [-0.05, 0) is 26.3 Å². The second-order valence-corrected chi connectivity index (χ2v) is 4.59. The highest BCUT2D eigenvalue weighted by molar-refractivity contribution is 5.99. The Morgan fingerprint density at radius 2 is 2.11 bits per heavy atom. The number of aromatic nitrogens is 1. The molecular formula is C13H19N3O3. The second kappa shape index (κ2) is 6.17.